The van der Waals surface area contributed by atoms with Crippen LogP contribution in [0.4, 0.5) is 0 Å². The van der Waals surface area contributed by atoms with Gasteiger partial charge in [-0.1, -0.05) is 75.5 Å². The summed E-state index contributed by atoms with van der Waals surface area (Å²) in [5, 5.41) is 22.2. The Morgan fingerprint density at radius 2 is 1.73 bits per heavy atom. The third kappa shape index (κ3) is 7.40. The highest BCUT2D eigenvalue weighted by molar-refractivity contribution is 6.34. The quantitative estimate of drug-likeness (QED) is 0.111. The molecule has 6 nitrogen and oxygen atoms in total. The topological polar surface area (TPSA) is 92.3 Å². The molecule has 0 aliphatic rings. The summed E-state index contributed by atoms with van der Waals surface area (Å²) in [6, 6.07) is 24.4. The van der Waals surface area contributed by atoms with Crippen LogP contribution in [0.3, 0.4) is 0 Å². The first kappa shape index (κ1) is 32.6. The number of benzene rings is 4. The Morgan fingerprint density at radius 1 is 0.932 bits per heavy atom. The summed E-state index contributed by atoms with van der Waals surface area (Å²) in [4.78, 5) is 12.8. The lowest BCUT2D eigenvalue weighted by molar-refractivity contribution is 0.0452. The Morgan fingerprint density at radius 3 is 2.43 bits per heavy atom. The van der Waals surface area contributed by atoms with Crippen molar-refractivity contribution in [3.63, 3.8) is 0 Å². The number of carbonyl (C=O) groups is 1. The van der Waals surface area contributed by atoms with Gasteiger partial charge in [-0.15, -0.1) is 0 Å². The number of nitriles is 2. The lowest BCUT2D eigenvalue weighted by atomic mass is 9.78. The lowest BCUT2D eigenvalue weighted by Gasteiger charge is -2.27. The summed E-state index contributed by atoms with van der Waals surface area (Å²) < 4.78 is 17.4. The average Bonchev–Trinajstić information content (AvgIpc) is 3.03. The van der Waals surface area contributed by atoms with Gasteiger partial charge in [0.15, 0.2) is 0 Å². The van der Waals surface area contributed by atoms with Crippen LogP contribution in [0, 0.1) is 22.7 Å². The molecule has 0 radical (unpaired) electrons. The predicted molar refractivity (Wildman–Crippen MR) is 174 cm³/mol. The van der Waals surface area contributed by atoms with E-state index >= 15 is 0 Å². The maximum absolute atomic E-state index is 12.8. The zero-order chi connectivity index (χ0) is 31.7. The zero-order valence-electron chi connectivity index (χ0n) is 25.7. The van der Waals surface area contributed by atoms with E-state index in [1.807, 2.05) is 31.2 Å². The molecule has 0 bridgehead atoms. The Balaban J connectivity index is 1.90. The van der Waals surface area contributed by atoms with Crippen molar-refractivity contribution in [2.75, 3.05) is 19.8 Å². The van der Waals surface area contributed by atoms with Crippen LogP contribution in [0.15, 0.2) is 66.7 Å². The number of hydrogen-bond acceptors (Lipinski definition) is 6. The first-order chi connectivity index (χ1) is 21.2. The van der Waals surface area contributed by atoms with Crippen molar-refractivity contribution < 1.29 is 19.0 Å². The maximum Gasteiger partial charge on any atom is 0.338 e. The van der Waals surface area contributed by atoms with Crippen molar-refractivity contribution in [2.24, 2.45) is 0 Å². The van der Waals surface area contributed by atoms with Gasteiger partial charge in [0.1, 0.15) is 23.6 Å². The normalized spacial score (nSPS) is 11.2. The van der Waals surface area contributed by atoms with Gasteiger partial charge in [-0.3, -0.25) is 0 Å². The van der Waals surface area contributed by atoms with E-state index in [2.05, 4.69) is 39.0 Å². The SMILES string of the molecule is CCCCC(C)(C)c1cc(Oc2cccc(C(=O)OCCCOCC)c2)c2c(-c3ccccc3Cl)c(C#N)c(C#N)cc2c1. The van der Waals surface area contributed by atoms with Gasteiger partial charge in [-0.25, -0.2) is 4.79 Å². The van der Waals surface area contributed by atoms with E-state index in [1.54, 1.807) is 36.4 Å². The van der Waals surface area contributed by atoms with Crippen LogP contribution in [0.25, 0.3) is 21.9 Å². The number of ether oxygens (including phenoxy) is 3. The molecule has 0 aliphatic carbocycles. The average molecular weight is 609 g/mol. The van der Waals surface area contributed by atoms with E-state index in [1.165, 1.54) is 0 Å². The number of hydrogen-bond donors (Lipinski definition) is 0. The molecule has 0 heterocycles. The van der Waals surface area contributed by atoms with Crippen molar-refractivity contribution in [1.82, 2.24) is 0 Å². The summed E-state index contributed by atoms with van der Waals surface area (Å²) in [6.45, 7) is 9.87. The van der Waals surface area contributed by atoms with E-state index in [0.29, 0.717) is 58.2 Å². The Bertz CT molecular complexity index is 1730. The number of unbranched alkanes of at least 4 members (excludes halogenated alkanes) is 1. The van der Waals surface area contributed by atoms with Gasteiger partial charge in [-0.05, 0) is 66.1 Å². The zero-order valence-corrected chi connectivity index (χ0v) is 26.5. The molecule has 7 heteroatoms. The smallest absolute Gasteiger partial charge is 0.338 e. The number of carbonyl (C=O) groups excluding carboxylic acids is 1. The summed E-state index contributed by atoms with van der Waals surface area (Å²) in [5.41, 5.74) is 2.85. The van der Waals surface area contributed by atoms with Gasteiger partial charge in [-0.2, -0.15) is 10.5 Å². The van der Waals surface area contributed by atoms with Crippen molar-refractivity contribution in [3.8, 4) is 34.8 Å². The number of fused-ring (bicyclic) bond motifs is 1. The standard InChI is InChI=1S/C37H37ClN2O4/c1-5-7-16-37(3,4)28-20-26-19-27(23-39)31(24-40)35(30-14-8-9-15-32(30)38)34(26)33(22-28)44-29-13-10-12-25(21-29)36(41)43-18-11-17-42-6-2/h8-10,12-15,19-22H,5-7,11,16-18H2,1-4H3. The van der Waals surface area contributed by atoms with Crippen molar-refractivity contribution in [2.45, 2.75) is 58.8 Å². The molecule has 0 spiro atoms. The summed E-state index contributed by atoms with van der Waals surface area (Å²) in [7, 11) is 0. The Hall–Kier alpha value is -4.36. The van der Waals surface area contributed by atoms with Crippen LogP contribution in [0.5, 0.6) is 11.5 Å². The minimum atomic E-state index is -0.451. The molecule has 0 N–H and O–H groups in total. The van der Waals surface area contributed by atoms with Crippen LogP contribution in [0.2, 0.25) is 5.02 Å². The molecule has 0 saturated carbocycles. The second-order valence-electron chi connectivity index (χ2n) is 11.3. The second-order valence-corrected chi connectivity index (χ2v) is 11.7. The summed E-state index contributed by atoms with van der Waals surface area (Å²) in [5.74, 6) is 0.486. The monoisotopic (exact) mass is 608 g/mol. The molecule has 0 saturated heterocycles. The number of halogens is 1. The largest absolute Gasteiger partial charge is 0.462 e. The first-order valence-corrected chi connectivity index (χ1v) is 15.3. The van der Waals surface area contributed by atoms with Crippen LogP contribution < -0.4 is 4.74 Å². The molecular weight excluding hydrogens is 572 g/mol. The van der Waals surface area contributed by atoms with Gasteiger partial charge < -0.3 is 14.2 Å². The fraction of sp³-hybridized carbons (Fsp3) is 0.324. The van der Waals surface area contributed by atoms with Crippen LogP contribution in [0.1, 0.15) is 80.4 Å². The fourth-order valence-electron chi connectivity index (χ4n) is 5.24. The summed E-state index contributed by atoms with van der Waals surface area (Å²) >= 11 is 6.69. The number of esters is 1. The highest BCUT2D eigenvalue weighted by Gasteiger charge is 2.26. The van der Waals surface area contributed by atoms with Gasteiger partial charge in [0.25, 0.3) is 0 Å². The van der Waals surface area contributed by atoms with E-state index in [9.17, 15) is 15.3 Å². The van der Waals surface area contributed by atoms with E-state index in [-0.39, 0.29) is 23.1 Å². The van der Waals surface area contributed by atoms with E-state index in [4.69, 9.17) is 25.8 Å². The fourth-order valence-corrected chi connectivity index (χ4v) is 5.47. The van der Waals surface area contributed by atoms with Crippen molar-refractivity contribution in [1.29, 1.82) is 10.5 Å². The molecular formula is C37H37ClN2O4. The third-order valence-electron chi connectivity index (χ3n) is 7.68. The highest BCUT2D eigenvalue weighted by atomic mass is 35.5. The van der Waals surface area contributed by atoms with Crippen LogP contribution >= 0.6 is 11.6 Å². The van der Waals surface area contributed by atoms with Gasteiger partial charge in [0.05, 0.1) is 23.3 Å². The number of rotatable bonds is 13. The van der Waals surface area contributed by atoms with Gasteiger partial charge >= 0.3 is 5.97 Å². The molecule has 44 heavy (non-hydrogen) atoms. The molecule has 4 aromatic rings. The summed E-state index contributed by atoms with van der Waals surface area (Å²) in [6.07, 6.45) is 3.68. The van der Waals surface area contributed by atoms with E-state index < -0.39 is 5.97 Å². The van der Waals surface area contributed by atoms with E-state index in [0.717, 1.165) is 30.2 Å². The second kappa shape index (κ2) is 14.9. The van der Waals surface area contributed by atoms with Crippen molar-refractivity contribution in [3.05, 3.63) is 94.0 Å². The molecule has 0 amide bonds. The Kier molecular flexibility index (Phi) is 11.0. The van der Waals surface area contributed by atoms with Crippen LogP contribution in [-0.4, -0.2) is 25.8 Å². The molecule has 0 aromatic heterocycles. The van der Waals surface area contributed by atoms with Gasteiger partial charge in [0, 0.05) is 41.2 Å². The Labute approximate surface area is 264 Å². The molecule has 4 rings (SSSR count). The number of nitrogens with zero attached hydrogens (tertiary/aromatic N) is 2. The molecule has 0 unspecified atom stereocenters. The third-order valence-corrected chi connectivity index (χ3v) is 8.01. The van der Waals surface area contributed by atoms with Crippen molar-refractivity contribution >= 4 is 28.3 Å². The molecule has 4 aromatic carbocycles. The highest BCUT2D eigenvalue weighted by Crippen LogP contribution is 2.45. The predicted octanol–water partition coefficient (Wildman–Crippen LogP) is 9.75. The lowest BCUT2D eigenvalue weighted by Crippen LogP contribution is -2.17. The minimum absolute atomic E-state index is 0.194. The molecule has 0 aliphatic heterocycles. The molecule has 0 atom stereocenters. The van der Waals surface area contributed by atoms with Gasteiger partial charge in [0.2, 0.25) is 0 Å². The first-order valence-electron chi connectivity index (χ1n) is 15.0. The minimum Gasteiger partial charge on any atom is -0.462 e. The van der Waals surface area contributed by atoms with Crippen LogP contribution in [-0.2, 0) is 14.9 Å². The molecule has 226 valence electrons. The molecule has 0 fully saturated rings. The maximum atomic E-state index is 12.8.